The summed E-state index contributed by atoms with van der Waals surface area (Å²) in [5.74, 6) is 0.837. The van der Waals surface area contributed by atoms with E-state index in [4.69, 9.17) is 5.73 Å². The van der Waals surface area contributed by atoms with Crippen molar-refractivity contribution in [3.05, 3.63) is 139 Å². The Morgan fingerprint density at radius 2 is 0.964 bits per heavy atom. The van der Waals surface area contributed by atoms with E-state index in [1.54, 1.807) is 36.4 Å². The Kier molecular flexibility index (Phi) is 26.4. The van der Waals surface area contributed by atoms with Crippen LogP contribution in [-0.4, -0.2) is 80.7 Å². The van der Waals surface area contributed by atoms with E-state index in [0.29, 0.717) is 17.9 Å². The number of hydrogen-bond donors (Lipinski definition) is 3. The first-order valence-corrected chi connectivity index (χ1v) is 21.4. The third-order valence-corrected chi connectivity index (χ3v) is 9.18. The number of sulfone groups is 2. The van der Waals surface area contributed by atoms with E-state index in [2.05, 4.69) is 16.9 Å². The van der Waals surface area contributed by atoms with E-state index in [-0.39, 0.29) is 64.8 Å². The van der Waals surface area contributed by atoms with Gasteiger partial charge in [0.2, 0.25) is 0 Å². The molecule has 0 fully saturated rings. The summed E-state index contributed by atoms with van der Waals surface area (Å²) in [6, 6.07) is 24.1. The second kappa shape index (κ2) is 27.8. The van der Waals surface area contributed by atoms with Gasteiger partial charge in [0.1, 0.15) is 25.5 Å². The average molecular weight is 884 g/mol. The maximum Gasteiger partial charge on any atom is 0.269 e. The molecule has 56 heavy (non-hydrogen) atoms. The lowest BCUT2D eigenvalue weighted by Gasteiger charge is -2.05. The molecule has 0 saturated carbocycles. The molecule has 0 aliphatic carbocycles. The maximum atomic E-state index is 12.1. The fraction of sp³-hybridized carbons (Fsp3) is 0.294. The third kappa shape index (κ3) is 26.1. The molecule has 310 valence electrons. The lowest BCUT2D eigenvalue weighted by Crippen LogP contribution is -2.13. The zero-order valence-electron chi connectivity index (χ0n) is 30.6. The van der Waals surface area contributed by atoms with Crippen LogP contribution in [0.3, 0.4) is 0 Å². The van der Waals surface area contributed by atoms with Gasteiger partial charge in [-0.3, -0.25) is 30.3 Å². The summed E-state index contributed by atoms with van der Waals surface area (Å²) in [6.45, 7) is 0.708. The van der Waals surface area contributed by atoms with E-state index in [0.717, 1.165) is 54.8 Å². The molecule has 0 bridgehead atoms. The maximum absolute atomic E-state index is 12.1. The van der Waals surface area contributed by atoms with Gasteiger partial charge in [0.25, 0.3) is 17.1 Å². The highest BCUT2D eigenvalue weighted by molar-refractivity contribution is 7.98. The van der Waals surface area contributed by atoms with E-state index in [1.165, 1.54) is 24.0 Å². The zero-order chi connectivity index (χ0) is 40.7. The summed E-state index contributed by atoms with van der Waals surface area (Å²) < 4.78 is 55.4. The number of nitrogens with one attached hydrogen (secondary N) is 2. The fourth-order valence-corrected chi connectivity index (χ4v) is 5.21. The molecule has 22 heteroatoms. The zero-order valence-corrected chi connectivity index (χ0v) is 34.7. The molecule has 4 aromatic rings. The average Bonchev–Trinajstić information content (AvgIpc) is 3.10. The number of nitrogens with two attached hydrogens (primary N) is 1. The van der Waals surface area contributed by atoms with Crippen molar-refractivity contribution in [2.45, 2.75) is 12.8 Å². The smallest absolute Gasteiger partial charge is 0.269 e. The summed E-state index contributed by atoms with van der Waals surface area (Å²) >= 11 is 1.82. The first kappa shape index (κ1) is 53.3. The van der Waals surface area contributed by atoms with Gasteiger partial charge in [0.05, 0.1) is 26.3 Å². The second-order valence-corrected chi connectivity index (χ2v) is 16.8. The predicted octanol–water partition coefficient (Wildman–Crippen LogP) is 7.24. The van der Waals surface area contributed by atoms with Crippen molar-refractivity contribution in [1.29, 1.82) is 0 Å². The molecule has 0 heterocycles. The topological polar surface area (TPSA) is 248 Å². The molecule has 0 aromatic heterocycles. The summed E-state index contributed by atoms with van der Waals surface area (Å²) in [5, 5.41) is 36.6. The van der Waals surface area contributed by atoms with Gasteiger partial charge in [0, 0.05) is 79.1 Å². The number of hydrogen-bond acceptors (Lipinski definition) is 14. The van der Waals surface area contributed by atoms with Crippen molar-refractivity contribution >= 4 is 90.4 Å². The predicted molar refractivity (Wildman–Crippen MR) is 228 cm³/mol. The van der Waals surface area contributed by atoms with Crippen LogP contribution in [-0.2, 0) is 26.1 Å². The first-order chi connectivity index (χ1) is 25.3. The van der Waals surface area contributed by atoms with Crippen LogP contribution in [0.2, 0.25) is 0 Å². The minimum absolute atomic E-state index is 0. The van der Waals surface area contributed by atoms with Gasteiger partial charge in [-0.25, -0.2) is 21.2 Å². The number of thioether (sulfide) groups is 1. The van der Waals surface area contributed by atoms with Crippen LogP contribution in [0.4, 0.5) is 38.5 Å². The highest BCUT2D eigenvalue weighted by Crippen LogP contribution is 2.16. The molecule has 16 nitrogen and oxygen atoms in total. The van der Waals surface area contributed by atoms with E-state index in [1.807, 2.05) is 36.0 Å². The number of rotatable bonds is 15. The van der Waals surface area contributed by atoms with Gasteiger partial charge >= 0.3 is 0 Å². The van der Waals surface area contributed by atoms with Gasteiger partial charge in [0.15, 0.2) is 0 Å². The lowest BCUT2D eigenvalue weighted by atomic mass is 10.1. The Hall–Kier alpha value is -4.76. The lowest BCUT2D eigenvalue weighted by molar-refractivity contribution is -0.385. The Morgan fingerprint density at radius 1 is 0.625 bits per heavy atom. The number of nitro groups is 3. The van der Waals surface area contributed by atoms with Crippen molar-refractivity contribution in [1.82, 2.24) is 0 Å². The number of nitro benzene ring substituents is 3. The van der Waals surface area contributed by atoms with E-state index >= 15 is 0 Å². The molecule has 0 radical (unpaired) electrons. The standard InChI is InChI=1S/C10H13NO2S.C9H12N2O4S.C9H14N2O2S.C6H4FNO2.2ClH/c1-14-8-2-3-9-4-6-10(7-5-9)11(12)13;1-16(14,15)7-6-10-8-2-4-9(5-3-8)11(12)13;1-14(12,13)7-6-11-9-4-2-8(10)3-5-9;7-5-1-3-6(4-2-5)8(9)10;;/h4-7H,2-3,8H2,1H3;2-5,10H,6-7H2,1H3;2-5,11H,6-7,10H2,1H3;1-4H;2*1H. The fourth-order valence-electron chi connectivity index (χ4n) is 3.83. The van der Waals surface area contributed by atoms with Crippen LogP contribution in [0.5, 0.6) is 0 Å². The molecule has 0 spiro atoms. The number of aryl methyl sites for hydroxylation is 1. The van der Waals surface area contributed by atoms with E-state index in [9.17, 15) is 51.6 Å². The molecule has 0 unspecified atom stereocenters. The molecular weight excluding hydrogens is 839 g/mol. The highest BCUT2D eigenvalue weighted by Gasteiger charge is 2.06. The number of benzene rings is 4. The van der Waals surface area contributed by atoms with Gasteiger partial charge in [-0.1, -0.05) is 12.1 Å². The Labute approximate surface area is 342 Å². The van der Waals surface area contributed by atoms with Crippen LogP contribution in [0.15, 0.2) is 97.1 Å². The monoisotopic (exact) mass is 882 g/mol. The molecule has 4 aromatic carbocycles. The summed E-state index contributed by atoms with van der Waals surface area (Å²) in [6.07, 6.45) is 6.58. The van der Waals surface area contributed by atoms with Crippen molar-refractivity contribution in [2.24, 2.45) is 0 Å². The molecule has 0 amide bonds. The molecule has 4 N–H and O–H groups in total. The van der Waals surface area contributed by atoms with Gasteiger partial charge in [-0.15, -0.1) is 24.8 Å². The van der Waals surface area contributed by atoms with Gasteiger partial charge in [-0.2, -0.15) is 11.8 Å². The first-order valence-electron chi connectivity index (χ1n) is 15.8. The van der Waals surface area contributed by atoms with Crippen molar-refractivity contribution < 1.29 is 36.0 Å². The normalized spacial score (nSPS) is 10.1. The summed E-state index contributed by atoms with van der Waals surface area (Å²) in [4.78, 5) is 29.3. The molecule has 0 aliphatic rings. The second-order valence-electron chi connectivity index (χ2n) is 11.3. The molecule has 0 saturated heterocycles. The van der Waals surface area contributed by atoms with Crippen molar-refractivity contribution in [3.63, 3.8) is 0 Å². The third-order valence-electron chi connectivity index (χ3n) is 6.59. The van der Waals surface area contributed by atoms with Crippen LogP contribution < -0.4 is 16.4 Å². The molecule has 0 atom stereocenters. The van der Waals surface area contributed by atoms with Crippen LogP contribution in [0.25, 0.3) is 0 Å². The SMILES string of the molecule is CS(=O)(=O)CCNc1ccc(N)cc1.CS(=O)(=O)CCNc1ccc([N+](=O)[O-])cc1.CSCCCc1ccc([N+](=O)[O-])cc1.Cl.Cl.O=[N+]([O-])c1ccc(F)cc1. The van der Waals surface area contributed by atoms with Gasteiger partial charge in [-0.05, 0) is 78.9 Å². The quantitative estimate of drug-likeness (QED) is 0.0461. The number of anilines is 3. The molecule has 0 aliphatic heterocycles. The highest BCUT2D eigenvalue weighted by atomic mass is 35.5. The van der Waals surface area contributed by atoms with E-state index < -0.39 is 35.3 Å². The minimum Gasteiger partial charge on any atom is -0.399 e. The van der Waals surface area contributed by atoms with Gasteiger partial charge < -0.3 is 16.4 Å². The summed E-state index contributed by atoms with van der Waals surface area (Å²) in [7, 11) is -5.88. The molecule has 4 rings (SSSR count). The van der Waals surface area contributed by atoms with Crippen molar-refractivity contribution in [2.75, 3.05) is 65.5 Å². The van der Waals surface area contributed by atoms with Crippen LogP contribution >= 0.6 is 36.6 Å². The summed E-state index contributed by atoms with van der Waals surface area (Å²) in [5.41, 5.74) is 8.98. The van der Waals surface area contributed by atoms with Crippen LogP contribution in [0, 0.1) is 36.2 Å². The largest absolute Gasteiger partial charge is 0.399 e. The molecular formula is C34H45Cl2FN6O10S3. The van der Waals surface area contributed by atoms with Crippen LogP contribution in [0.1, 0.15) is 12.0 Å². The Morgan fingerprint density at radius 3 is 1.30 bits per heavy atom. The number of halogens is 3. The Bertz CT molecular complexity index is 1980. The number of nitrogen functional groups attached to an aromatic ring is 1. The minimum atomic E-state index is -2.99. The number of nitrogens with zero attached hydrogens (tertiary/aromatic N) is 3. The number of non-ortho nitro benzene ring substituents is 3. The Balaban J connectivity index is 0. The van der Waals surface area contributed by atoms with Crippen molar-refractivity contribution in [3.8, 4) is 0 Å².